The third kappa shape index (κ3) is 1.69. The van der Waals surface area contributed by atoms with E-state index in [0.29, 0.717) is 24.9 Å². The maximum absolute atomic E-state index is 11.8. The minimum atomic E-state index is -0.335. The van der Waals surface area contributed by atoms with Gasteiger partial charge >= 0.3 is 0 Å². The van der Waals surface area contributed by atoms with Gasteiger partial charge in [0.2, 0.25) is 0 Å². The van der Waals surface area contributed by atoms with Crippen LogP contribution < -0.4 is 0 Å². The second kappa shape index (κ2) is 4.40. The van der Waals surface area contributed by atoms with Crippen LogP contribution in [0.4, 0.5) is 0 Å². The number of hydrogen-bond acceptors (Lipinski definition) is 4. The molecule has 16 heavy (non-hydrogen) atoms. The van der Waals surface area contributed by atoms with E-state index in [2.05, 4.69) is 4.98 Å². The van der Waals surface area contributed by atoms with Gasteiger partial charge in [0.05, 0.1) is 5.56 Å². The molecular weight excluding hydrogens is 208 g/mol. The van der Waals surface area contributed by atoms with E-state index in [0.717, 1.165) is 0 Å². The van der Waals surface area contributed by atoms with E-state index in [9.17, 15) is 9.59 Å². The van der Waals surface area contributed by atoms with Gasteiger partial charge < -0.3 is 5.11 Å². The third-order valence-corrected chi connectivity index (χ3v) is 2.52. The molecule has 1 N–H and O–H groups in total. The first-order valence-electron chi connectivity index (χ1n) is 5.18. The van der Waals surface area contributed by atoms with Crippen LogP contribution >= 0.6 is 0 Å². The Morgan fingerprint density at radius 1 is 1.25 bits per heavy atom. The van der Waals surface area contributed by atoms with Crippen LogP contribution in [0.5, 0.6) is 0 Å². The van der Waals surface area contributed by atoms with E-state index in [-0.39, 0.29) is 24.1 Å². The van der Waals surface area contributed by atoms with Crippen LogP contribution in [0.1, 0.15) is 33.7 Å². The van der Waals surface area contributed by atoms with Crippen LogP contribution in [0.15, 0.2) is 18.3 Å². The van der Waals surface area contributed by atoms with Crippen molar-refractivity contribution in [1.82, 2.24) is 9.88 Å². The Balaban J connectivity index is 2.15. The molecule has 84 valence electrons. The van der Waals surface area contributed by atoms with Crippen molar-refractivity contribution in [3.8, 4) is 0 Å². The highest BCUT2D eigenvalue weighted by Crippen LogP contribution is 2.20. The van der Waals surface area contributed by atoms with Gasteiger partial charge in [-0.25, -0.2) is 0 Å². The van der Waals surface area contributed by atoms with Crippen LogP contribution in [0.25, 0.3) is 0 Å². The van der Waals surface area contributed by atoms with Crippen molar-refractivity contribution in [3.63, 3.8) is 0 Å². The summed E-state index contributed by atoms with van der Waals surface area (Å²) in [6.07, 6.45) is 2.70. The number of aliphatic hydroxyl groups is 1. The fraction of sp³-hybridized carbons (Fsp3) is 0.364. The van der Waals surface area contributed by atoms with Gasteiger partial charge in [-0.2, -0.15) is 0 Å². The lowest BCUT2D eigenvalue weighted by molar-refractivity contribution is 0.0647. The monoisotopic (exact) mass is 220 g/mol. The zero-order valence-electron chi connectivity index (χ0n) is 8.72. The lowest BCUT2D eigenvalue weighted by atomic mass is 10.2. The lowest BCUT2D eigenvalue weighted by Crippen LogP contribution is -2.30. The van der Waals surface area contributed by atoms with E-state index in [1.807, 2.05) is 0 Å². The number of aromatic nitrogens is 1. The minimum Gasteiger partial charge on any atom is -0.396 e. The molecule has 0 saturated carbocycles. The average Bonchev–Trinajstić information content (AvgIpc) is 2.55. The maximum Gasteiger partial charge on any atom is 0.280 e. The van der Waals surface area contributed by atoms with Crippen molar-refractivity contribution in [2.75, 3.05) is 13.2 Å². The molecule has 0 spiro atoms. The summed E-state index contributed by atoms with van der Waals surface area (Å²) >= 11 is 0. The van der Waals surface area contributed by atoms with E-state index >= 15 is 0 Å². The molecule has 1 aromatic rings. The quantitative estimate of drug-likeness (QED) is 0.590. The Morgan fingerprint density at radius 2 is 2.06 bits per heavy atom. The predicted octanol–water partition coefficient (Wildman–Crippen LogP) is 0.450. The fourth-order valence-corrected chi connectivity index (χ4v) is 1.70. The summed E-state index contributed by atoms with van der Waals surface area (Å²) in [6, 6.07) is 3.25. The Labute approximate surface area is 92.7 Å². The highest BCUT2D eigenvalue weighted by atomic mass is 16.3. The molecule has 1 aliphatic heterocycles. The van der Waals surface area contributed by atoms with Crippen molar-refractivity contribution in [2.45, 2.75) is 12.8 Å². The Bertz CT molecular complexity index is 396. The van der Waals surface area contributed by atoms with E-state index in [4.69, 9.17) is 5.11 Å². The molecule has 1 aromatic heterocycles. The van der Waals surface area contributed by atoms with E-state index in [1.165, 1.54) is 11.1 Å². The largest absolute Gasteiger partial charge is 0.396 e. The normalized spacial score (nSPS) is 14.4. The van der Waals surface area contributed by atoms with Crippen LogP contribution in [0.3, 0.4) is 0 Å². The first kappa shape index (κ1) is 10.8. The summed E-state index contributed by atoms with van der Waals surface area (Å²) in [5, 5.41) is 8.64. The zero-order chi connectivity index (χ0) is 11.5. The number of carbonyl (C=O) groups excluding carboxylic acids is 2. The number of amides is 2. The van der Waals surface area contributed by atoms with Gasteiger partial charge in [-0.05, 0) is 25.0 Å². The molecule has 0 aliphatic carbocycles. The number of aliphatic hydroxyl groups excluding tert-OH is 1. The summed E-state index contributed by atoms with van der Waals surface area (Å²) in [7, 11) is 0. The number of imide groups is 1. The van der Waals surface area contributed by atoms with Crippen molar-refractivity contribution < 1.29 is 14.7 Å². The fourth-order valence-electron chi connectivity index (χ4n) is 1.70. The Morgan fingerprint density at radius 3 is 2.75 bits per heavy atom. The third-order valence-electron chi connectivity index (χ3n) is 2.52. The SMILES string of the molecule is O=C1c2cccnc2C(=O)N1CCCCO. The van der Waals surface area contributed by atoms with Crippen molar-refractivity contribution in [2.24, 2.45) is 0 Å². The summed E-state index contributed by atoms with van der Waals surface area (Å²) in [5.74, 6) is -0.621. The molecule has 0 unspecified atom stereocenters. The van der Waals surface area contributed by atoms with E-state index < -0.39 is 0 Å². The molecule has 2 amide bonds. The van der Waals surface area contributed by atoms with Crippen molar-refractivity contribution in [1.29, 1.82) is 0 Å². The molecular formula is C11H12N2O3. The van der Waals surface area contributed by atoms with Crippen LogP contribution in [0.2, 0.25) is 0 Å². The van der Waals surface area contributed by atoms with Crippen LogP contribution in [0, 0.1) is 0 Å². The summed E-state index contributed by atoms with van der Waals surface area (Å²) in [6.45, 7) is 0.413. The number of carbonyl (C=O) groups is 2. The number of rotatable bonds is 4. The highest BCUT2D eigenvalue weighted by molar-refractivity contribution is 6.20. The number of hydrogen-bond donors (Lipinski definition) is 1. The molecule has 2 rings (SSSR count). The molecule has 0 fully saturated rings. The molecule has 0 radical (unpaired) electrons. The summed E-state index contributed by atoms with van der Waals surface area (Å²) < 4.78 is 0. The van der Waals surface area contributed by atoms with E-state index in [1.54, 1.807) is 12.1 Å². The number of unbranched alkanes of at least 4 members (excludes halogenated alkanes) is 1. The van der Waals surface area contributed by atoms with Gasteiger partial charge in [-0.3, -0.25) is 19.5 Å². The minimum absolute atomic E-state index is 0.0709. The summed E-state index contributed by atoms with van der Waals surface area (Å²) in [4.78, 5) is 28.7. The topological polar surface area (TPSA) is 70.5 Å². The maximum atomic E-state index is 11.8. The molecule has 0 aromatic carbocycles. The van der Waals surface area contributed by atoms with Gasteiger partial charge in [0.15, 0.2) is 0 Å². The Kier molecular flexibility index (Phi) is 2.96. The summed E-state index contributed by atoms with van der Waals surface area (Å²) in [5.41, 5.74) is 0.605. The van der Waals surface area contributed by atoms with Gasteiger partial charge in [-0.15, -0.1) is 0 Å². The smallest absolute Gasteiger partial charge is 0.280 e. The standard InChI is InChI=1S/C11H12N2O3/c14-7-2-1-6-13-10(15)8-4-3-5-12-9(8)11(13)16/h3-5,14H,1-2,6-7H2. The van der Waals surface area contributed by atoms with Gasteiger partial charge in [0.1, 0.15) is 5.69 Å². The average molecular weight is 220 g/mol. The second-order valence-electron chi connectivity index (χ2n) is 3.59. The first-order valence-corrected chi connectivity index (χ1v) is 5.18. The van der Waals surface area contributed by atoms with Crippen LogP contribution in [-0.4, -0.2) is 40.0 Å². The van der Waals surface area contributed by atoms with Gasteiger partial charge in [-0.1, -0.05) is 0 Å². The number of pyridine rings is 1. The molecule has 5 heteroatoms. The van der Waals surface area contributed by atoms with Crippen molar-refractivity contribution >= 4 is 11.8 Å². The number of fused-ring (bicyclic) bond motifs is 1. The Hall–Kier alpha value is -1.75. The molecule has 0 atom stereocenters. The molecule has 5 nitrogen and oxygen atoms in total. The predicted molar refractivity (Wildman–Crippen MR) is 55.9 cm³/mol. The highest BCUT2D eigenvalue weighted by Gasteiger charge is 2.35. The van der Waals surface area contributed by atoms with Gasteiger partial charge in [0, 0.05) is 19.3 Å². The molecule has 2 heterocycles. The van der Waals surface area contributed by atoms with Crippen LogP contribution in [-0.2, 0) is 0 Å². The van der Waals surface area contributed by atoms with Crippen molar-refractivity contribution in [3.05, 3.63) is 29.6 Å². The lowest BCUT2D eigenvalue weighted by Gasteiger charge is -2.12. The molecule has 0 bridgehead atoms. The molecule has 1 aliphatic rings. The zero-order valence-corrected chi connectivity index (χ0v) is 8.72. The van der Waals surface area contributed by atoms with Gasteiger partial charge in [0.25, 0.3) is 11.8 Å². The second-order valence-corrected chi connectivity index (χ2v) is 3.59. The number of nitrogens with zero attached hydrogens (tertiary/aromatic N) is 2. The molecule has 0 saturated heterocycles. The first-order chi connectivity index (χ1) is 7.75.